The quantitative estimate of drug-likeness (QED) is 0.782. The van der Waals surface area contributed by atoms with Crippen LogP contribution in [0.4, 0.5) is 0 Å². The van der Waals surface area contributed by atoms with Crippen molar-refractivity contribution in [2.75, 3.05) is 14.0 Å². The smallest absolute Gasteiger partial charge is 0.399 e. The molecule has 4 heteroatoms. The second-order valence-corrected chi connectivity index (χ2v) is 5.92. The number of hydrogen-bond donors (Lipinski definition) is 0. The molecule has 0 unspecified atom stereocenters. The van der Waals surface area contributed by atoms with Gasteiger partial charge in [-0.3, -0.25) is 0 Å². The van der Waals surface area contributed by atoms with Gasteiger partial charge in [-0.25, -0.2) is 0 Å². The van der Waals surface area contributed by atoms with Gasteiger partial charge in [0.2, 0.25) is 0 Å². The Balaban J connectivity index is 2.16. The van der Waals surface area contributed by atoms with Crippen molar-refractivity contribution in [1.82, 2.24) is 4.90 Å². The standard InChI is InChI=1S/C15H24BNO2/c1-14(2)15(3,4)19-16(18-14)13-9-7-12(8-10-13)11-17(5)6/h7-10H,11H2,1-6H3/i5D3,6D3. The van der Waals surface area contributed by atoms with Crippen molar-refractivity contribution in [3.8, 4) is 0 Å². The lowest BCUT2D eigenvalue weighted by Crippen LogP contribution is -2.41. The summed E-state index contributed by atoms with van der Waals surface area (Å²) in [5.74, 6) is 0. The molecule has 3 nitrogen and oxygen atoms in total. The molecule has 1 heterocycles. The van der Waals surface area contributed by atoms with Crippen molar-refractivity contribution in [3.05, 3.63) is 29.8 Å². The lowest BCUT2D eigenvalue weighted by atomic mass is 9.79. The van der Waals surface area contributed by atoms with E-state index in [-0.39, 0.29) is 6.54 Å². The van der Waals surface area contributed by atoms with Crippen LogP contribution < -0.4 is 5.46 Å². The van der Waals surface area contributed by atoms with Gasteiger partial charge < -0.3 is 14.2 Å². The first-order valence-electron chi connectivity index (χ1n) is 9.36. The van der Waals surface area contributed by atoms with Crippen LogP contribution in [0.5, 0.6) is 0 Å². The molecule has 1 fully saturated rings. The summed E-state index contributed by atoms with van der Waals surface area (Å²) in [4.78, 5) is 0.532. The molecule has 0 atom stereocenters. The first-order chi connectivity index (χ1) is 11.1. The monoisotopic (exact) mass is 267 g/mol. The van der Waals surface area contributed by atoms with Gasteiger partial charge in [0.15, 0.2) is 0 Å². The van der Waals surface area contributed by atoms with Gasteiger partial charge in [-0.2, -0.15) is 0 Å². The van der Waals surface area contributed by atoms with Gasteiger partial charge in [-0.05, 0) is 52.7 Å². The highest BCUT2D eigenvalue weighted by Crippen LogP contribution is 2.36. The molecular weight excluding hydrogens is 237 g/mol. The van der Waals surface area contributed by atoms with E-state index in [1.54, 1.807) is 24.3 Å². The van der Waals surface area contributed by atoms with Gasteiger partial charge in [-0.15, -0.1) is 0 Å². The minimum Gasteiger partial charge on any atom is -0.399 e. The molecule has 1 aromatic carbocycles. The summed E-state index contributed by atoms with van der Waals surface area (Å²) in [5, 5.41) is 0. The molecule has 19 heavy (non-hydrogen) atoms. The zero-order valence-electron chi connectivity index (χ0n) is 17.9. The van der Waals surface area contributed by atoms with E-state index < -0.39 is 32.3 Å². The third-order valence-electron chi connectivity index (χ3n) is 3.85. The highest BCUT2D eigenvalue weighted by atomic mass is 16.7. The maximum Gasteiger partial charge on any atom is 0.494 e. The average Bonchev–Trinajstić information content (AvgIpc) is 2.63. The van der Waals surface area contributed by atoms with Crippen LogP contribution in [0.3, 0.4) is 0 Å². The first-order valence-corrected chi connectivity index (χ1v) is 6.36. The second kappa shape index (κ2) is 4.93. The first kappa shape index (κ1) is 8.45. The van der Waals surface area contributed by atoms with Crippen LogP contribution in [0.25, 0.3) is 0 Å². The number of benzene rings is 1. The highest BCUT2D eigenvalue weighted by Gasteiger charge is 2.51. The summed E-state index contributed by atoms with van der Waals surface area (Å²) in [6, 6.07) is 6.94. The maximum atomic E-state index is 7.42. The zero-order chi connectivity index (χ0) is 19.3. The Morgan fingerprint density at radius 2 is 1.58 bits per heavy atom. The van der Waals surface area contributed by atoms with E-state index in [9.17, 15) is 0 Å². The molecule has 1 saturated heterocycles. The van der Waals surface area contributed by atoms with E-state index in [1.807, 2.05) is 27.7 Å². The largest absolute Gasteiger partial charge is 0.494 e. The van der Waals surface area contributed by atoms with Gasteiger partial charge in [0.05, 0.1) is 11.2 Å². The zero-order valence-corrected chi connectivity index (χ0v) is 11.9. The number of hydrogen-bond acceptors (Lipinski definition) is 3. The Morgan fingerprint density at radius 1 is 1.05 bits per heavy atom. The molecule has 0 amide bonds. The molecule has 0 radical (unpaired) electrons. The Morgan fingerprint density at radius 3 is 2.05 bits per heavy atom. The summed E-state index contributed by atoms with van der Waals surface area (Å²) in [7, 11) is -0.514. The van der Waals surface area contributed by atoms with Gasteiger partial charge in [0, 0.05) is 14.8 Å². The Hall–Kier alpha value is -0.835. The van der Waals surface area contributed by atoms with Crippen LogP contribution in [-0.4, -0.2) is 37.2 Å². The molecule has 0 N–H and O–H groups in total. The third-order valence-corrected chi connectivity index (χ3v) is 3.85. The Bertz CT molecular complexity index is 582. The second-order valence-electron chi connectivity index (χ2n) is 5.92. The summed E-state index contributed by atoms with van der Waals surface area (Å²) in [5.41, 5.74) is 0.495. The van der Waals surface area contributed by atoms with Crippen molar-refractivity contribution in [3.63, 3.8) is 0 Å². The Labute approximate surface area is 125 Å². The van der Waals surface area contributed by atoms with E-state index in [4.69, 9.17) is 17.5 Å². The number of nitrogens with zero attached hydrogens (tertiary/aromatic N) is 1. The fourth-order valence-corrected chi connectivity index (χ4v) is 1.94. The van der Waals surface area contributed by atoms with Crippen LogP contribution in [0.2, 0.25) is 0 Å². The summed E-state index contributed by atoms with van der Waals surface area (Å²) in [6.45, 7) is 2.26. The van der Waals surface area contributed by atoms with E-state index in [1.165, 1.54) is 0 Å². The van der Waals surface area contributed by atoms with E-state index >= 15 is 0 Å². The van der Waals surface area contributed by atoms with Crippen molar-refractivity contribution < 1.29 is 17.5 Å². The van der Waals surface area contributed by atoms with E-state index in [0.29, 0.717) is 10.5 Å². The maximum absolute atomic E-state index is 7.42. The minimum atomic E-state index is -2.70. The topological polar surface area (TPSA) is 21.7 Å². The van der Waals surface area contributed by atoms with Crippen LogP contribution in [0, 0.1) is 0 Å². The van der Waals surface area contributed by atoms with Crippen molar-refractivity contribution >= 4 is 12.6 Å². The molecule has 0 spiro atoms. The van der Waals surface area contributed by atoms with E-state index in [2.05, 4.69) is 0 Å². The lowest BCUT2D eigenvalue weighted by molar-refractivity contribution is 0.00578. The van der Waals surface area contributed by atoms with Gasteiger partial charge >= 0.3 is 7.12 Å². The molecule has 1 aliphatic rings. The molecular formula is C15H24BNO2. The predicted octanol–water partition coefficient (Wildman–Crippen LogP) is 2.05. The van der Waals surface area contributed by atoms with E-state index in [0.717, 1.165) is 5.46 Å². The minimum absolute atomic E-state index is 0.198. The predicted molar refractivity (Wildman–Crippen MR) is 79.5 cm³/mol. The van der Waals surface area contributed by atoms with Crippen LogP contribution >= 0.6 is 0 Å². The number of rotatable bonds is 3. The summed E-state index contributed by atoms with van der Waals surface area (Å²) in [6.07, 6.45) is 0. The van der Waals surface area contributed by atoms with Crippen LogP contribution in [0.15, 0.2) is 24.3 Å². The third kappa shape index (κ3) is 3.02. The molecule has 0 aromatic heterocycles. The molecule has 1 aliphatic heterocycles. The summed E-state index contributed by atoms with van der Waals surface area (Å²) >= 11 is 0. The van der Waals surface area contributed by atoms with Crippen molar-refractivity contribution in [2.24, 2.45) is 0 Å². The van der Waals surface area contributed by atoms with Gasteiger partial charge in [0.1, 0.15) is 0 Å². The highest BCUT2D eigenvalue weighted by molar-refractivity contribution is 6.62. The lowest BCUT2D eigenvalue weighted by Gasteiger charge is -2.32. The molecule has 0 aliphatic carbocycles. The fraction of sp³-hybridized carbons (Fsp3) is 0.600. The van der Waals surface area contributed by atoms with Crippen LogP contribution in [-0.2, 0) is 15.9 Å². The average molecular weight is 267 g/mol. The van der Waals surface area contributed by atoms with Gasteiger partial charge in [0.25, 0.3) is 0 Å². The van der Waals surface area contributed by atoms with Crippen molar-refractivity contribution in [2.45, 2.75) is 45.4 Å². The fourth-order valence-electron chi connectivity index (χ4n) is 1.94. The van der Waals surface area contributed by atoms with Crippen molar-refractivity contribution in [1.29, 1.82) is 0 Å². The van der Waals surface area contributed by atoms with Gasteiger partial charge in [-0.1, -0.05) is 24.3 Å². The SMILES string of the molecule is [2H]C([2H])([2H])N(Cc1ccc(B2OC(C)(C)C(C)(C)O2)cc1)C([2H])([2H])[2H]. The molecule has 0 saturated carbocycles. The normalized spacial score (nSPS) is 27.1. The Kier molecular flexibility index (Phi) is 2.19. The molecule has 1 aromatic rings. The molecule has 104 valence electrons. The molecule has 2 rings (SSSR count). The molecule has 0 bridgehead atoms. The summed E-state index contributed by atoms with van der Waals surface area (Å²) < 4.78 is 56.4. The van der Waals surface area contributed by atoms with Crippen LogP contribution in [0.1, 0.15) is 41.5 Å².